The molecule has 1 aromatic heterocycles. The molecule has 0 amide bonds. The van der Waals surface area contributed by atoms with Gasteiger partial charge in [-0.05, 0) is 31.3 Å². The van der Waals surface area contributed by atoms with Crippen molar-refractivity contribution in [3.63, 3.8) is 0 Å². The lowest BCUT2D eigenvalue weighted by atomic mass is 10.3. The van der Waals surface area contributed by atoms with Crippen LogP contribution in [0.5, 0.6) is 0 Å². The molecule has 1 rings (SSSR count). The number of hydrazone groups is 1. The second kappa shape index (κ2) is 4.51. The Balaban J connectivity index is 2.73. The smallest absolute Gasteiger partial charge is 0.184 e. The first-order chi connectivity index (χ1) is 6.20. The maximum atomic E-state index is 5.21. The molecule has 0 aliphatic carbocycles. The lowest BCUT2D eigenvalue weighted by molar-refractivity contribution is 1.02. The van der Waals surface area contributed by atoms with Gasteiger partial charge in [-0.25, -0.2) is 0 Å². The van der Waals surface area contributed by atoms with Gasteiger partial charge in [0.15, 0.2) is 5.11 Å². The van der Waals surface area contributed by atoms with Gasteiger partial charge in [-0.3, -0.25) is 10.4 Å². The van der Waals surface area contributed by atoms with Crippen LogP contribution >= 0.6 is 12.2 Å². The second-order valence-corrected chi connectivity index (χ2v) is 2.83. The number of aromatic nitrogens is 1. The van der Waals surface area contributed by atoms with Crippen LogP contribution in [0.3, 0.4) is 0 Å². The summed E-state index contributed by atoms with van der Waals surface area (Å²) in [4.78, 5) is 4.10. The van der Waals surface area contributed by atoms with Crippen LogP contribution in [-0.2, 0) is 0 Å². The van der Waals surface area contributed by atoms with Crippen LogP contribution in [0.4, 0.5) is 0 Å². The molecule has 5 heteroatoms. The normalized spacial score (nSPS) is 11.0. The van der Waals surface area contributed by atoms with Crippen molar-refractivity contribution in [3.8, 4) is 0 Å². The number of thiocarbonyl (C=S) groups is 1. The molecule has 0 saturated heterocycles. The lowest BCUT2D eigenvalue weighted by Gasteiger charge is -1.99. The highest BCUT2D eigenvalue weighted by molar-refractivity contribution is 7.80. The van der Waals surface area contributed by atoms with E-state index in [2.05, 4.69) is 27.7 Å². The van der Waals surface area contributed by atoms with Crippen molar-refractivity contribution in [2.75, 3.05) is 0 Å². The fraction of sp³-hybridized carbons (Fsp3) is 0.125. The van der Waals surface area contributed by atoms with Gasteiger partial charge in [-0.15, -0.1) is 0 Å². The zero-order valence-corrected chi connectivity index (χ0v) is 8.01. The Kier molecular flexibility index (Phi) is 3.33. The summed E-state index contributed by atoms with van der Waals surface area (Å²) in [5.41, 5.74) is 9.25. The zero-order valence-electron chi connectivity index (χ0n) is 7.19. The molecule has 0 aliphatic heterocycles. The van der Waals surface area contributed by atoms with Crippen LogP contribution in [0.2, 0.25) is 0 Å². The molecule has 3 N–H and O–H groups in total. The first kappa shape index (κ1) is 9.60. The molecule has 0 radical (unpaired) electrons. The zero-order chi connectivity index (χ0) is 9.68. The predicted octanol–water partition coefficient (Wildman–Crippen LogP) is 0.639. The van der Waals surface area contributed by atoms with E-state index in [0.717, 1.165) is 11.4 Å². The maximum absolute atomic E-state index is 5.21. The van der Waals surface area contributed by atoms with Crippen molar-refractivity contribution in [3.05, 3.63) is 30.1 Å². The van der Waals surface area contributed by atoms with Crippen LogP contribution in [0.25, 0.3) is 0 Å². The minimum absolute atomic E-state index is 0.148. The molecule has 4 nitrogen and oxygen atoms in total. The molecule has 0 spiro atoms. The number of nitrogens with one attached hydrogen (secondary N) is 1. The number of pyridine rings is 1. The van der Waals surface area contributed by atoms with Gasteiger partial charge in [0.1, 0.15) is 0 Å². The number of rotatable bonds is 2. The molecule has 68 valence electrons. The molecule has 1 aromatic rings. The van der Waals surface area contributed by atoms with E-state index < -0.39 is 0 Å². The van der Waals surface area contributed by atoms with E-state index in [1.165, 1.54) is 0 Å². The van der Waals surface area contributed by atoms with E-state index in [4.69, 9.17) is 5.73 Å². The third-order valence-corrected chi connectivity index (χ3v) is 1.46. The molecular weight excluding hydrogens is 184 g/mol. The summed E-state index contributed by atoms with van der Waals surface area (Å²) in [5.74, 6) is 0. The lowest BCUT2D eigenvalue weighted by Crippen LogP contribution is -2.25. The Morgan fingerprint density at radius 2 is 2.38 bits per heavy atom. The average molecular weight is 194 g/mol. The van der Waals surface area contributed by atoms with Gasteiger partial charge >= 0.3 is 0 Å². The SMILES string of the molecule is C/C(=N\NC(N)=S)c1ccccn1. The molecule has 0 bridgehead atoms. The van der Waals surface area contributed by atoms with Gasteiger partial charge in [0.25, 0.3) is 0 Å². The van der Waals surface area contributed by atoms with Crippen LogP contribution in [0, 0.1) is 0 Å². The van der Waals surface area contributed by atoms with Crippen molar-refractivity contribution < 1.29 is 0 Å². The Bertz CT molecular complexity index is 320. The Labute approximate surface area is 81.9 Å². The van der Waals surface area contributed by atoms with Gasteiger partial charge in [0.05, 0.1) is 11.4 Å². The Hall–Kier alpha value is -1.49. The van der Waals surface area contributed by atoms with E-state index in [-0.39, 0.29) is 5.11 Å². The van der Waals surface area contributed by atoms with Crippen molar-refractivity contribution in [2.24, 2.45) is 10.8 Å². The molecule has 13 heavy (non-hydrogen) atoms. The minimum Gasteiger partial charge on any atom is -0.375 e. The summed E-state index contributed by atoms with van der Waals surface area (Å²) >= 11 is 4.60. The van der Waals surface area contributed by atoms with Crippen LogP contribution < -0.4 is 11.2 Å². The summed E-state index contributed by atoms with van der Waals surface area (Å²) < 4.78 is 0. The van der Waals surface area contributed by atoms with Crippen LogP contribution in [0.15, 0.2) is 29.5 Å². The van der Waals surface area contributed by atoms with E-state index in [1.54, 1.807) is 6.20 Å². The summed E-state index contributed by atoms with van der Waals surface area (Å²) in [6.45, 7) is 1.83. The first-order valence-electron chi connectivity index (χ1n) is 3.71. The number of nitrogens with zero attached hydrogens (tertiary/aromatic N) is 2. The van der Waals surface area contributed by atoms with Crippen LogP contribution in [-0.4, -0.2) is 15.8 Å². The molecule has 0 saturated carbocycles. The van der Waals surface area contributed by atoms with Gasteiger partial charge in [-0.1, -0.05) is 6.07 Å². The van der Waals surface area contributed by atoms with Crippen molar-refractivity contribution in [1.29, 1.82) is 0 Å². The summed E-state index contributed by atoms with van der Waals surface area (Å²) in [5, 5.41) is 4.08. The quantitative estimate of drug-likeness (QED) is 0.412. The standard InChI is InChI=1S/C8H10N4S/c1-6(11-12-8(9)13)7-4-2-3-5-10-7/h2-5H,1H3,(H3,9,12,13)/b11-6+. The second-order valence-electron chi connectivity index (χ2n) is 2.39. The third kappa shape index (κ3) is 3.16. The number of nitrogens with two attached hydrogens (primary N) is 1. The Morgan fingerprint density at radius 3 is 2.92 bits per heavy atom. The molecule has 0 unspecified atom stereocenters. The highest BCUT2D eigenvalue weighted by Gasteiger charge is 1.96. The monoisotopic (exact) mass is 194 g/mol. The van der Waals surface area contributed by atoms with E-state index in [0.29, 0.717) is 0 Å². The van der Waals surface area contributed by atoms with E-state index >= 15 is 0 Å². The fourth-order valence-electron chi connectivity index (χ4n) is 0.773. The Morgan fingerprint density at radius 1 is 1.62 bits per heavy atom. The van der Waals surface area contributed by atoms with Gasteiger partial charge < -0.3 is 5.73 Å². The van der Waals surface area contributed by atoms with Gasteiger partial charge in [-0.2, -0.15) is 5.10 Å². The summed E-state index contributed by atoms with van der Waals surface area (Å²) in [6.07, 6.45) is 1.70. The van der Waals surface area contributed by atoms with Gasteiger partial charge in [0, 0.05) is 6.20 Å². The van der Waals surface area contributed by atoms with Crippen molar-refractivity contribution >= 4 is 23.0 Å². The average Bonchev–Trinajstić information content (AvgIpc) is 2.15. The predicted molar refractivity (Wildman–Crippen MR) is 56.4 cm³/mol. The largest absolute Gasteiger partial charge is 0.375 e. The fourth-order valence-corrected chi connectivity index (χ4v) is 0.819. The van der Waals surface area contributed by atoms with Gasteiger partial charge in [0.2, 0.25) is 0 Å². The van der Waals surface area contributed by atoms with E-state index in [9.17, 15) is 0 Å². The van der Waals surface area contributed by atoms with Crippen molar-refractivity contribution in [2.45, 2.75) is 6.92 Å². The van der Waals surface area contributed by atoms with Crippen molar-refractivity contribution in [1.82, 2.24) is 10.4 Å². The number of hydrogen-bond acceptors (Lipinski definition) is 3. The molecule has 0 atom stereocenters. The van der Waals surface area contributed by atoms with Crippen LogP contribution in [0.1, 0.15) is 12.6 Å². The highest BCUT2D eigenvalue weighted by Crippen LogP contribution is 1.94. The molecule has 0 fully saturated rings. The molecular formula is C8H10N4S. The number of hydrogen-bond donors (Lipinski definition) is 2. The maximum Gasteiger partial charge on any atom is 0.184 e. The first-order valence-corrected chi connectivity index (χ1v) is 4.12. The topological polar surface area (TPSA) is 63.3 Å². The third-order valence-electron chi connectivity index (χ3n) is 1.37. The molecule has 1 heterocycles. The summed E-state index contributed by atoms with van der Waals surface area (Å²) in [7, 11) is 0. The minimum atomic E-state index is 0.148. The summed E-state index contributed by atoms with van der Waals surface area (Å²) in [6, 6.07) is 5.60. The van der Waals surface area contributed by atoms with E-state index in [1.807, 2.05) is 25.1 Å². The molecule has 0 aliphatic rings. The highest BCUT2D eigenvalue weighted by atomic mass is 32.1. The molecule has 0 aromatic carbocycles.